The molecule has 0 atom stereocenters. The highest BCUT2D eigenvalue weighted by atomic mass is 35.5. The molecule has 0 aromatic heterocycles. The zero-order chi connectivity index (χ0) is 9.80. The van der Waals surface area contributed by atoms with Gasteiger partial charge in [-0.1, -0.05) is 12.8 Å². The molecule has 2 fully saturated rings. The van der Waals surface area contributed by atoms with E-state index in [0.717, 1.165) is 12.0 Å². The molecule has 0 unspecified atom stereocenters. The van der Waals surface area contributed by atoms with Gasteiger partial charge in [0, 0.05) is 12.6 Å². The molecule has 0 aromatic rings. The summed E-state index contributed by atoms with van der Waals surface area (Å²) in [5, 5.41) is 3.39. The van der Waals surface area contributed by atoms with E-state index in [1.807, 2.05) is 0 Å². The number of likely N-dealkylation sites (tertiary alicyclic amines) is 1. The Hall–Kier alpha value is 0.500. The second kappa shape index (κ2) is 8.57. The van der Waals surface area contributed by atoms with Crippen molar-refractivity contribution in [2.24, 2.45) is 5.92 Å². The molecule has 0 aromatic carbocycles. The zero-order valence-electron chi connectivity index (χ0n) is 10.3. The largest absolute Gasteiger partial charge is 0.317 e. The molecule has 2 nitrogen and oxygen atoms in total. The molecule has 4 heteroatoms. The second-order valence-corrected chi connectivity index (χ2v) is 5.01. The summed E-state index contributed by atoms with van der Waals surface area (Å²) in [6.07, 6.45) is 8.65. The first-order chi connectivity index (χ1) is 6.88. The minimum Gasteiger partial charge on any atom is -0.317 e. The number of hydrogen-bond acceptors (Lipinski definition) is 2. The lowest BCUT2D eigenvalue weighted by Crippen LogP contribution is -2.42. The highest BCUT2D eigenvalue weighted by Gasteiger charge is 2.22. The summed E-state index contributed by atoms with van der Waals surface area (Å²) in [6, 6.07) is 0.787. The third-order valence-electron chi connectivity index (χ3n) is 3.99. The smallest absolute Gasteiger partial charge is 0.00884 e. The van der Waals surface area contributed by atoms with Gasteiger partial charge in [0.05, 0.1) is 0 Å². The Labute approximate surface area is 112 Å². The van der Waals surface area contributed by atoms with Gasteiger partial charge in [-0.2, -0.15) is 0 Å². The van der Waals surface area contributed by atoms with Crippen LogP contribution in [0.3, 0.4) is 0 Å². The Balaban J connectivity index is 0.00000112. The van der Waals surface area contributed by atoms with Crippen molar-refractivity contribution < 1.29 is 0 Å². The SMILES string of the molecule is CNC1CCN(CC2CCCC2)CC1.Cl.Cl. The molecule has 1 heterocycles. The zero-order valence-corrected chi connectivity index (χ0v) is 11.9. The van der Waals surface area contributed by atoms with Gasteiger partial charge in [-0.3, -0.25) is 0 Å². The molecule has 0 radical (unpaired) electrons. The fraction of sp³-hybridized carbons (Fsp3) is 1.00. The van der Waals surface area contributed by atoms with Crippen molar-refractivity contribution >= 4 is 24.8 Å². The molecule has 0 spiro atoms. The summed E-state index contributed by atoms with van der Waals surface area (Å²) in [4.78, 5) is 2.68. The number of nitrogens with one attached hydrogen (secondary N) is 1. The first-order valence-corrected chi connectivity index (χ1v) is 6.28. The maximum Gasteiger partial charge on any atom is 0.00884 e. The van der Waals surface area contributed by atoms with E-state index in [2.05, 4.69) is 17.3 Å². The van der Waals surface area contributed by atoms with Gasteiger partial charge >= 0.3 is 0 Å². The van der Waals surface area contributed by atoms with Crippen LogP contribution in [-0.4, -0.2) is 37.6 Å². The van der Waals surface area contributed by atoms with E-state index in [1.165, 1.54) is 58.2 Å². The Morgan fingerprint density at radius 3 is 2.06 bits per heavy atom. The summed E-state index contributed by atoms with van der Waals surface area (Å²) in [6.45, 7) is 4.03. The van der Waals surface area contributed by atoms with Crippen molar-refractivity contribution in [2.45, 2.75) is 44.6 Å². The van der Waals surface area contributed by atoms with Crippen LogP contribution in [0.1, 0.15) is 38.5 Å². The molecule has 1 saturated carbocycles. The van der Waals surface area contributed by atoms with Crippen molar-refractivity contribution in [1.29, 1.82) is 0 Å². The fourth-order valence-electron chi connectivity index (χ4n) is 2.96. The van der Waals surface area contributed by atoms with Crippen LogP contribution in [0.25, 0.3) is 0 Å². The summed E-state index contributed by atoms with van der Waals surface area (Å²) < 4.78 is 0. The van der Waals surface area contributed by atoms with Gasteiger partial charge in [0.15, 0.2) is 0 Å². The van der Waals surface area contributed by atoms with E-state index in [-0.39, 0.29) is 24.8 Å². The van der Waals surface area contributed by atoms with Crippen LogP contribution in [0.2, 0.25) is 0 Å². The van der Waals surface area contributed by atoms with Crippen LogP contribution in [0.5, 0.6) is 0 Å². The molecular weight excluding hydrogens is 243 g/mol. The Morgan fingerprint density at radius 2 is 1.56 bits per heavy atom. The van der Waals surface area contributed by atoms with Crippen molar-refractivity contribution in [1.82, 2.24) is 10.2 Å². The van der Waals surface area contributed by atoms with E-state index in [4.69, 9.17) is 0 Å². The maximum absolute atomic E-state index is 3.39. The van der Waals surface area contributed by atoms with E-state index in [9.17, 15) is 0 Å². The number of halogens is 2. The highest BCUT2D eigenvalue weighted by Crippen LogP contribution is 2.26. The van der Waals surface area contributed by atoms with E-state index >= 15 is 0 Å². The Morgan fingerprint density at radius 1 is 1.00 bits per heavy atom. The van der Waals surface area contributed by atoms with Crippen molar-refractivity contribution in [3.05, 3.63) is 0 Å². The molecule has 1 N–H and O–H groups in total. The Kier molecular flexibility index (Phi) is 8.84. The monoisotopic (exact) mass is 268 g/mol. The van der Waals surface area contributed by atoms with Gasteiger partial charge in [-0.25, -0.2) is 0 Å². The molecule has 2 rings (SSSR count). The van der Waals surface area contributed by atoms with Gasteiger partial charge in [-0.05, 0) is 51.7 Å². The van der Waals surface area contributed by atoms with Crippen molar-refractivity contribution in [3.63, 3.8) is 0 Å². The van der Waals surface area contributed by atoms with Gasteiger partial charge in [0.2, 0.25) is 0 Å². The van der Waals surface area contributed by atoms with Crippen molar-refractivity contribution in [2.75, 3.05) is 26.7 Å². The number of hydrogen-bond donors (Lipinski definition) is 1. The van der Waals surface area contributed by atoms with Gasteiger partial charge in [-0.15, -0.1) is 24.8 Å². The van der Waals surface area contributed by atoms with Crippen molar-refractivity contribution in [3.8, 4) is 0 Å². The minimum absolute atomic E-state index is 0. The second-order valence-electron chi connectivity index (χ2n) is 5.01. The van der Waals surface area contributed by atoms with Crippen LogP contribution in [-0.2, 0) is 0 Å². The number of nitrogens with zero attached hydrogens (tertiary/aromatic N) is 1. The maximum atomic E-state index is 3.39. The summed E-state index contributed by atoms with van der Waals surface area (Å²) in [7, 11) is 2.09. The van der Waals surface area contributed by atoms with Gasteiger partial charge in [0.25, 0.3) is 0 Å². The van der Waals surface area contributed by atoms with Crippen LogP contribution in [0.15, 0.2) is 0 Å². The summed E-state index contributed by atoms with van der Waals surface area (Å²) in [5.74, 6) is 1.03. The first kappa shape index (κ1) is 16.5. The molecule has 98 valence electrons. The third-order valence-corrected chi connectivity index (χ3v) is 3.99. The number of piperidine rings is 1. The average molecular weight is 269 g/mol. The molecule has 16 heavy (non-hydrogen) atoms. The van der Waals surface area contributed by atoms with E-state index < -0.39 is 0 Å². The lowest BCUT2D eigenvalue weighted by molar-refractivity contribution is 0.176. The molecule has 0 amide bonds. The topological polar surface area (TPSA) is 15.3 Å². The highest BCUT2D eigenvalue weighted by molar-refractivity contribution is 5.85. The average Bonchev–Trinajstić information content (AvgIpc) is 2.72. The molecule has 0 bridgehead atoms. The van der Waals surface area contributed by atoms with E-state index in [0.29, 0.717) is 0 Å². The summed E-state index contributed by atoms with van der Waals surface area (Å²) >= 11 is 0. The molecule has 1 aliphatic heterocycles. The third kappa shape index (κ3) is 4.79. The number of rotatable bonds is 3. The fourth-order valence-corrected chi connectivity index (χ4v) is 2.96. The lowest BCUT2D eigenvalue weighted by atomic mass is 10.0. The van der Waals surface area contributed by atoms with Crippen LogP contribution >= 0.6 is 24.8 Å². The van der Waals surface area contributed by atoms with Gasteiger partial charge < -0.3 is 10.2 Å². The van der Waals surface area contributed by atoms with Gasteiger partial charge in [0.1, 0.15) is 0 Å². The quantitative estimate of drug-likeness (QED) is 0.847. The molecular formula is C12H26Cl2N2. The minimum atomic E-state index is 0. The van der Waals surface area contributed by atoms with Crippen LogP contribution in [0, 0.1) is 5.92 Å². The predicted molar refractivity (Wildman–Crippen MR) is 75.0 cm³/mol. The first-order valence-electron chi connectivity index (χ1n) is 6.28. The van der Waals surface area contributed by atoms with E-state index in [1.54, 1.807) is 0 Å². The Bertz CT molecular complexity index is 164. The lowest BCUT2D eigenvalue weighted by Gasteiger charge is -2.33. The summed E-state index contributed by atoms with van der Waals surface area (Å²) in [5.41, 5.74) is 0. The normalized spacial score (nSPS) is 23.8. The standard InChI is InChI=1S/C12H24N2.2ClH/c1-13-12-6-8-14(9-7-12)10-11-4-2-3-5-11;;/h11-13H,2-10H2,1H3;2*1H. The predicted octanol–water partition coefficient (Wildman–Crippen LogP) is 2.70. The molecule has 2 aliphatic rings. The molecule has 1 saturated heterocycles. The van der Waals surface area contributed by atoms with Crippen LogP contribution in [0.4, 0.5) is 0 Å². The van der Waals surface area contributed by atoms with Crippen LogP contribution < -0.4 is 5.32 Å². The molecule has 1 aliphatic carbocycles.